The van der Waals surface area contributed by atoms with Crippen molar-refractivity contribution in [1.29, 1.82) is 0 Å². The molecule has 0 saturated carbocycles. The molecule has 0 unspecified atom stereocenters. The minimum atomic E-state index is -0.427. The first kappa shape index (κ1) is 5.94. The lowest BCUT2D eigenvalue weighted by atomic mass is 10.5. The van der Waals surface area contributed by atoms with E-state index in [4.69, 9.17) is 0 Å². The molecular formula is C5H2FIN. The van der Waals surface area contributed by atoms with Gasteiger partial charge in [-0.2, -0.15) is 4.39 Å². The molecule has 0 aliphatic heterocycles. The number of pyridine rings is 1. The van der Waals surface area contributed by atoms with E-state index in [1.54, 1.807) is 6.07 Å². The van der Waals surface area contributed by atoms with Crippen LogP contribution in [0.3, 0.4) is 0 Å². The van der Waals surface area contributed by atoms with E-state index in [9.17, 15) is 4.39 Å². The average Bonchev–Trinajstić information content (AvgIpc) is 1.77. The second-order valence-corrected chi connectivity index (χ2v) is 2.37. The Morgan fingerprint density at radius 3 is 2.88 bits per heavy atom. The highest BCUT2D eigenvalue weighted by Crippen LogP contribution is 2.04. The van der Waals surface area contributed by atoms with Gasteiger partial charge in [-0.05, 0) is 28.7 Å². The predicted octanol–water partition coefficient (Wildman–Crippen LogP) is 1.63. The maximum absolute atomic E-state index is 12.2. The molecule has 1 aromatic rings. The maximum Gasteiger partial charge on any atom is 0.226 e. The van der Waals surface area contributed by atoms with Crippen LogP contribution in [-0.2, 0) is 0 Å². The van der Waals surface area contributed by atoms with Crippen molar-refractivity contribution < 1.29 is 4.39 Å². The van der Waals surface area contributed by atoms with Crippen LogP contribution in [-0.4, -0.2) is 4.98 Å². The molecule has 3 heteroatoms. The molecule has 41 valence electrons. The molecule has 0 aliphatic rings. The highest BCUT2D eigenvalue weighted by Gasteiger charge is 1.93. The third-order valence-corrected chi connectivity index (χ3v) is 1.42. The summed E-state index contributed by atoms with van der Waals surface area (Å²) in [7, 11) is 0. The van der Waals surface area contributed by atoms with Gasteiger partial charge in [0.15, 0.2) is 0 Å². The first-order chi connectivity index (χ1) is 3.80. The van der Waals surface area contributed by atoms with E-state index >= 15 is 0 Å². The van der Waals surface area contributed by atoms with Crippen molar-refractivity contribution in [2.75, 3.05) is 0 Å². The molecule has 0 aromatic carbocycles. The van der Waals surface area contributed by atoms with Crippen LogP contribution < -0.4 is 0 Å². The number of hydrogen-bond acceptors (Lipinski definition) is 1. The molecule has 8 heavy (non-hydrogen) atoms. The van der Waals surface area contributed by atoms with Gasteiger partial charge in [-0.25, -0.2) is 4.98 Å². The lowest BCUT2D eigenvalue weighted by molar-refractivity contribution is 0.576. The Kier molecular flexibility index (Phi) is 1.77. The Labute approximate surface area is 60.1 Å². The molecule has 1 rings (SSSR count). The second-order valence-electron chi connectivity index (χ2n) is 1.21. The van der Waals surface area contributed by atoms with Gasteiger partial charge in [0.1, 0.15) is 0 Å². The van der Waals surface area contributed by atoms with Crippen LogP contribution in [0.15, 0.2) is 12.3 Å². The molecule has 1 aromatic heterocycles. The molecule has 0 aliphatic carbocycles. The van der Waals surface area contributed by atoms with Gasteiger partial charge < -0.3 is 0 Å². The van der Waals surface area contributed by atoms with E-state index < -0.39 is 5.95 Å². The summed E-state index contributed by atoms with van der Waals surface area (Å²) in [6.45, 7) is 0. The van der Waals surface area contributed by atoms with Gasteiger partial charge in [0.25, 0.3) is 0 Å². The summed E-state index contributed by atoms with van der Waals surface area (Å²) >= 11 is 1.86. The van der Waals surface area contributed by atoms with Crippen LogP contribution >= 0.6 is 22.6 Å². The fraction of sp³-hybridized carbons (Fsp3) is 0. The Balaban J connectivity index is 3.13. The van der Waals surface area contributed by atoms with Crippen LogP contribution in [0, 0.1) is 15.6 Å². The molecule has 0 bridgehead atoms. The molecule has 0 spiro atoms. The van der Waals surface area contributed by atoms with Crippen molar-refractivity contribution in [1.82, 2.24) is 4.98 Å². The fourth-order valence-electron chi connectivity index (χ4n) is 0.326. The molecule has 1 heterocycles. The monoisotopic (exact) mass is 222 g/mol. The Morgan fingerprint density at radius 1 is 1.75 bits per heavy atom. The van der Waals surface area contributed by atoms with Crippen molar-refractivity contribution in [2.45, 2.75) is 0 Å². The lowest BCUT2D eigenvalue weighted by Gasteiger charge is -1.85. The number of rotatable bonds is 0. The quantitative estimate of drug-likeness (QED) is 0.480. The van der Waals surface area contributed by atoms with Crippen LogP contribution in [0.25, 0.3) is 0 Å². The van der Waals surface area contributed by atoms with Crippen LogP contribution in [0.5, 0.6) is 0 Å². The van der Waals surface area contributed by atoms with Gasteiger partial charge in [-0.3, -0.25) is 0 Å². The third kappa shape index (κ3) is 1.15. The number of hydrogen-bond donors (Lipinski definition) is 0. The fourth-order valence-corrected chi connectivity index (χ4v) is 0.645. The van der Waals surface area contributed by atoms with Crippen LogP contribution in [0.1, 0.15) is 0 Å². The highest BCUT2D eigenvalue weighted by molar-refractivity contribution is 14.1. The van der Waals surface area contributed by atoms with Crippen molar-refractivity contribution in [3.8, 4) is 0 Å². The standard InChI is InChI=1S/C5H2FIN/c6-5-4(7)2-1-3-8-5/h2-3H. The van der Waals surface area contributed by atoms with Crippen molar-refractivity contribution >= 4 is 22.6 Å². The largest absolute Gasteiger partial charge is 0.227 e. The number of nitrogens with zero attached hydrogens (tertiary/aromatic N) is 1. The SMILES string of the molecule is Fc1nc[c]cc1I. The predicted molar refractivity (Wildman–Crippen MR) is 35.7 cm³/mol. The Morgan fingerprint density at radius 2 is 2.50 bits per heavy atom. The Bertz CT molecular complexity index is 169. The van der Waals surface area contributed by atoms with Crippen molar-refractivity contribution in [3.63, 3.8) is 0 Å². The Hall–Kier alpha value is -0.190. The topological polar surface area (TPSA) is 12.9 Å². The van der Waals surface area contributed by atoms with Crippen molar-refractivity contribution in [2.24, 2.45) is 0 Å². The number of halogens is 2. The van der Waals surface area contributed by atoms with E-state index in [1.807, 2.05) is 22.6 Å². The summed E-state index contributed by atoms with van der Waals surface area (Å²) in [4.78, 5) is 3.35. The molecule has 0 amide bonds. The zero-order valence-electron chi connectivity index (χ0n) is 3.86. The highest BCUT2D eigenvalue weighted by atomic mass is 127. The van der Waals surface area contributed by atoms with E-state index in [-0.39, 0.29) is 0 Å². The average molecular weight is 222 g/mol. The third-order valence-electron chi connectivity index (χ3n) is 0.660. The minimum Gasteiger partial charge on any atom is -0.227 e. The second kappa shape index (κ2) is 2.39. The summed E-state index contributed by atoms with van der Waals surface area (Å²) in [5.41, 5.74) is 0. The van der Waals surface area contributed by atoms with E-state index in [0.717, 1.165) is 0 Å². The molecular weight excluding hydrogens is 220 g/mol. The zero-order valence-corrected chi connectivity index (χ0v) is 6.02. The molecule has 0 saturated heterocycles. The summed E-state index contributed by atoms with van der Waals surface area (Å²) in [6.07, 6.45) is 1.30. The smallest absolute Gasteiger partial charge is 0.226 e. The number of aromatic nitrogens is 1. The summed E-state index contributed by atoms with van der Waals surface area (Å²) in [6, 6.07) is 4.19. The van der Waals surface area contributed by atoms with E-state index in [0.29, 0.717) is 3.57 Å². The molecule has 0 atom stereocenters. The molecule has 1 radical (unpaired) electrons. The summed E-state index contributed by atoms with van der Waals surface area (Å²) < 4.78 is 12.7. The summed E-state index contributed by atoms with van der Waals surface area (Å²) in [5.74, 6) is -0.427. The van der Waals surface area contributed by atoms with Crippen LogP contribution in [0.4, 0.5) is 4.39 Å². The molecule has 1 nitrogen and oxygen atoms in total. The molecule has 0 fully saturated rings. The van der Waals surface area contributed by atoms with Gasteiger partial charge in [0.05, 0.1) is 3.57 Å². The van der Waals surface area contributed by atoms with Gasteiger partial charge in [0.2, 0.25) is 5.95 Å². The van der Waals surface area contributed by atoms with Crippen LogP contribution in [0.2, 0.25) is 0 Å². The van der Waals surface area contributed by atoms with E-state index in [1.165, 1.54) is 6.20 Å². The first-order valence-corrected chi connectivity index (χ1v) is 3.05. The van der Waals surface area contributed by atoms with Gasteiger partial charge in [0, 0.05) is 12.3 Å². The maximum atomic E-state index is 12.2. The van der Waals surface area contributed by atoms with Crippen molar-refractivity contribution in [3.05, 3.63) is 27.8 Å². The summed E-state index contributed by atoms with van der Waals surface area (Å²) in [5, 5.41) is 0. The van der Waals surface area contributed by atoms with E-state index in [2.05, 4.69) is 11.1 Å². The van der Waals surface area contributed by atoms with Gasteiger partial charge >= 0.3 is 0 Å². The normalized spacial score (nSPS) is 9.25. The van der Waals surface area contributed by atoms with Gasteiger partial charge in [-0.1, -0.05) is 0 Å². The lowest BCUT2D eigenvalue weighted by Crippen LogP contribution is -1.83. The zero-order chi connectivity index (χ0) is 5.98. The van der Waals surface area contributed by atoms with Gasteiger partial charge in [-0.15, -0.1) is 0 Å². The minimum absolute atomic E-state index is 0.427. The first-order valence-electron chi connectivity index (χ1n) is 1.98. The molecule has 0 N–H and O–H groups in total.